The molecular formula is C27H27F3O2. The fourth-order valence-electron chi connectivity index (χ4n) is 3.55. The van der Waals surface area contributed by atoms with Gasteiger partial charge in [0.25, 0.3) is 0 Å². The van der Waals surface area contributed by atoms with E-state index in [2.05, 4.69) is 0 Å². The summed E-state index contributed by atoms with van der Waals surface area (Å²) >= 11 is 0. The van der Waals surface area contributed by atoms with Crippen molar-refractivity contribution in [3.8, 4) is 17.2 Å². The minimum Gasteiger partial charge on any atom is -0.494 e. The molecule has 32 heavy (non-hydrogen) atoms. The summed E-state index contributed by atoms with van der Waals surface area (Å²) in [6, 6.07) is 19.8. The number of hydrogen-bond donors (Lipinski definition) is 0. The second-order valence-electron chi connectivity index (χ2n) is 7.83. The molecule has 3 aromatic rings. The van der Waals surface area contributed by atoms with Gasteiger partial charge in [-0.3, -0.25) is 0 Å². The maximum Gasteiger partial charge on any atom is 0.165 e. The van der Waals surface area contributed by atoms with E-state index in [1.54, 1.807) is 48.5 Å². The van der Waals surface area contributed by atoms with E-state index in [1.807, 2.05) is 26.8 Å². The van der Waals surface area contributed by atoms with Gasteiger partial charge in [0.05, 0.1) is 6.61 Å². The second-order valence-corrected chi connectivity index (χ2v) is 7.83. The molecule has 168 valence electrons. The minimum atomic E-state index is -0.880. The highest BCUT2D eigenvalue weighted by Crippen LogP contribution is 2.37. The van der Waals surface area contributed by atoms with Crippen molar-refractivity contribution < 1.29 is 22.6 Å². The van der Waals surface area contributed by atoms with Gasteiger partial charge in [0.2, 0.25) is 0 Å². The summed E-state index contributed by atoms with van der Waals surface area (Å²) in [7, 11) is 0. The first kappa shape index (κ1) is 23.5. The van der Waals surface area contributed by atoms with Crippen LogP contribution in [0.3, 0.4) is 0 Å². The van der Waals surface area contributed by atoms with Crippen LogP contribution in [0.1, 0.15) is 37.8 Å². The molecule has 0 aliphatic heterocycles. The maximum atomic E-state index is 15.2. The molecule has 0 aromatic heterocycles. The van der Waals surface area contributed by atoms with Gasteiger partial charge in [0, 0.05) is 12.3 Å². The third-order valence-electron chi connectivity index (χ3n) is 5.08. The Bertz CT molecular complexity index is 1040. The first-order valence-electron chi connectivity index (χ1n) is 10.7. The molecular weight excluding hydrogens is 413 g/mol. The molecule has 0 saturated heterocycles. The zero-order chi connectivity index (χ0) is 23.1. The molecule has 0 radical (unpaired) electrons. The van der Waals surface area contributed by atoms with E-state index in [9.17, 15) is 8.78 Å². The smallest absolute Gasteiger partial charge is 0.165 e. The lowest BCUT2D eigenvalue weighted by molar-refractivity contribution is 0.340. The molecule has 0 N–H and O–H groups in total. The molecule has 2 nitrogen and oxygen atoms in total. The minimum absolute atomic E-state index is 0.0335. The third kappa shape index (κ3) is 5.94. The van der Waals surface area contributed by atoms with Crippen molar-refractivity contribution in [2.75, 3.05) is 6.61 Å². The van der Waals surface area contributed by atoms with E-state index in [0.29, 0.717) is 29.2 Å². The van der Waals surface area contributed by atoms with E-state index >= 15 is 4.39 Å². The van der Waals surface area contributed by atoms with Gasteiger partial charge in [-0.15, -0.1) is 0 Å². The zero-order valence-corrected chi connectivity index (χ0v) is 18.4. The Labute approximate surface area is 187 Å². The highest BCUT2D eigenvalue weighted by molar-refractivity contribution is 5.38. The molecule has 0 amide bonds. The fourth-order valence-corrected chi connectivity index (χ4v) is 3.55. The molecule has 0 heterocycles. The van der Waals surface area contributed by atoms with Crippen LogP contribution in [0.15, 0.2) is 84.5 Å². The summed E-state index contributed by atoms with van der Waals surface area (Å²) in [5, 5.41) is 0. The standard InChI is InChI=1S/C27H27F3O2/c1-4-31-21-13-11-20(12-14-21)26(18(2)3)27(30)24(29)16-19-10-15-23(28)25(17-19)32-22-8-6-5-7-9-22/h5-15,17-18,26H,4,16H2,1-3H3. The Hall–Kier alpha value is -3.21. The molecule has 0 saturated carbocycles. The highest BCUT2D eigenvalue weighted by Gasteiger charge is 2.25. The number of para-hydroxylation sites is 1. The Morgan fingerprint density at radius 3 is 2.19 bits per heavy atom. The highest BCUT2D eigenvalue weighted by atomic mass is 19.2. The Morgan fingerprint density at radius 1 is 0.875 bits per heavy atom. The first-order valence-corrected chi connectivity index (χ1v) is 10.7. The number of benzene rings is 3. The number of halogens is 3. The van der Waals surface area contributed by atoms with Gasteiger partial charge >= 0.3 is 0 Å². The van der Waals surface area contributed by atoms with Crippen LogP contribution < -0.4 is 9.47 Å². The molecule has 3 rings (SSSR count). The third-order valence-corrected chi connectivity index (χ3v) is 5.08. The van der Waals surface area contributed by atoms with Gasteiger partial charge in [-0.2, -0.15) is 0 Å². The van der Waals surface area contributed by atoms with Gasteiger partial charge in [0.15, 0.2) is 11.6 Å². The van der Waals surface area contributed by atoms with Crippen LogP contribution in [0, 0.1) is 11.7 Å². The summed E-state index contributed by atoms with van der Waals surface area (Å²) in [4.78, 5) is 0. The van der Waals surface area contributed by atoms with Crippen LogP contribution in [-0.4, -0.2) is 6.61 Å². The van der Waals surface area contributed by atoms with E-state index in [1.165, 1.54) is 18.2 Å². The van der Waals surface area contributed by atoms with Crippen molar-refractivity contribution in [3.05, 3.63) is 101 Å². The van der Waals surface area contributed by atoms with Crippen LogP contribution in [0.4, 0.5) is 13.2 Å². The first-order chi connectivity index (χ1) is 15.4. The largest absolute Gasteiger partial charge is 0.494 e. The Balaban J connectivity index is 1.83. The van der Waals surface area contributed by atoms with Crippen molar-refractivity contribution in [2.45, 2.75) is 33.1 Å². The summed E-state index contributed by atoms with van der Waals surface area (Å²) in [5.74, 6) is -2.06. The average molecular weight is 441 g/mol. The molecule has 1 unspecified atom stereocenters. The number of hydrogen-bond acceptors (Lipinski definition) is 2. The monoisotopic (exact) mass is 440 g/mol. The van der Waals surface area contributed by atoms with Crippen LogP contribution in [-0.2, 0) is 6.42 Å². The van der Waals surface area contributed by atoms with Crippen molar-refractivity contribution in [1.82, 2.24) is 0 Å². The van der Waals surface area contributed by atoms with Gasteiger partial charge in [-0.1, -0.05) is 50.2 Å². The van der Waals surface area contributed by atoms with Crippen molar-refractivity contribution >= 4 is 0 Å². The predicted molar refractivity (Wildman–Crippen MR) is 121 cm³/mol. The molecule has 0 fully saturated rings. The predicted octanol–water partition coefficient (Wildman–Crippen LogP) is 8.15. The lowest BCUT2D eigenvalue weighted by Crippen LogP contribution is -2.09. The van der Waals surface area contributed by atoms with Crippen LogP contribution >= 0.6 is 0 Å². The summed E-state index contributed by atoms with van der Waals surface area (Å²) in [6.07, 6.45) is -0.294. The number of rotatable bonds is 9. The summed E-state index contributed by atoms with van der Waals surface area (Å²) in [5.41, 5.74) is 1.09. The second kappa shape index (κ2) is 10.9. The topological polar surface area (TPSA) is 18.5 Å². The molecule has 0 spiro atoms. The average Bonchev–Trinajstić information content (AvgIpc) is 2.78. The molecule has 1 atom stereocenters. The zero-order valence-electron chi connectivity index (χ0n) is 18.4. The summed E-state index contributed by atoms with van der Waals surface area (Å²) in [6.45, 7) is 6.10. The molecule has 0 bridgehead atoms. The SMILES string of the molecule is CCOc1ccc(C(C(F)=C(F)Cc2ccc(F)c(Oc3ccccc3)c2)C(C)C)cc1. The van der Waals surface area contributed by atoms with Crippen molar-refractivity contribution in [1.29, 1.82) is 0 Å². The van der Waals surface area contributed by atoms with Crippen LogP contribution in [0.2, 0.25) is 0 Å². The van der Waals surface area contributed by atoms with Gasteiger partial charge in [0.1, 0.15) is 23.2 Å². The molecule has 0 aliphatic carbocycles. The fraction of sp³-hybridized carbons (Fsp3) is 0.259. The Kier molecular flexibility index (Phi) is 7.98. The van der Waals surface area contributed by atoms with Crippen LogP contribution in [0.5, 0.6) is 17.2 Å². The molecule has 3 aromatic carbocycles. The van der Waals surface area contributed by atoms with Gasteiger partial charge in [-0.05, 0) is 60.4 Å². The molecule has 0 aliphatic rings. The van der Waals surface area contributed by atoms with Gasteiger partial charge < -0.3 is 9.47 Å². The van der Waals surface area contributed by atoms with E-state index in [-0.39, 0.29) is 18.1 Å². The van der Waals surface area contributed by atoms with Crippen molar-refractivity contribution in [2.24, 2.45) is 5.92 Å². The van der Waals surface area contributed by atoms with E-state index in [0.717, 1.165) is 0 Å². The van der Waals surface area contributed by atoms with Crippen LogP contribution in [0.25, 0.3) is 0 Å². The van der Waals surface area contributed by atoms with E-state index < -0.39 is 23.4 Å². The quantitative estimate of drug-likeness (QED) is 0.334. The van der Waals surface area contributed by atoms with E-state index in [4.69, 9.17) is 9.47 Å². The lowest BCUT2D eigenvalue weighted by atomic mass is 9.86. The summed E-state index contributed by atoms with van der Waals surface area (Å²) < 4.78 is 55.4. The number of ether oxygens (including phenoxy) is 2. The number of allylic oxidation sites excluding steroid dienone is 2. The normalized spacial score (nSPS) is 13.0. The lowest BCUT2D eigenvalue weighted by Gasteiger charge is -2.21. The van der Waals surface area contributed by atoms with Crippen molar-refractivity contribution in [3.63, 3.8) is 0 Å². The molecule has 5 heteroatoms. The maximum absolute atomic E-state index is 15.2. The Morgan fingerprint density at radius 2 is 1.56 bits per heavy atom. The van der Waals surface area contributed by atoms with Gasteiger partial charge in [-0.25, -0.2) is 13.2 Å².